The fourth-order valence-corrected chi connectivity index (χ4v) is 2.32. The van der Waals surface area contributed by atoms with Crippen LogP contribution in [-0.2, 0) is 0 Å². The van der Waals surface area contributed by atoms with Crippen molar-refractivity contribution >= 4 is 0 Å². The van der Waals surface area contributed by atoms with Crippen LogP contribution >= 0.6 is 0 Å². The van der Waals surface area contributed by atoms with Crippen molar-refractivity contribution in [1.29, 1.82) is 0 Å². The molecule has 0 saturated heterocycles. The molecule has 0 aliphatic heterocycles. The maximum atomic E-state index is 9.91. The van der Waals surface area contributed by atoms with Crippen LogP contribution in [0, 0.1) is 6.92 Å². The first-order valence-electron chi connectivity index (χ1n) is 5.38. The van der Waals surface area contributed by atoms with E-state index in [4.69, 9.17) is 0 Å². The number of hydrogen-bond acceptors (Lipinski definition) is 2. The maximum Gasteiger partial charge on any atom is 0.0623 e. The third-order valence-corrected chi connectivity index (χ3v) is 3.13. The molecule has 2 unspecified atom stereocenters. The van der Waals surface area contributed by atoms with E-state index in [9.17, 15) is 5.11 Å². The van der Waals surface area contributed by atoms with Crippen LogP contribution in [0.2, 0.25) is 0 Å². The fourth-order valence-electron chi connectivity index (χ4n) is 2.32. The fraction of sp³-hybridized carbons (Fsp3) is 0.583. The zero-order chi connectivity index (χ0) is 9.97. The summed E-state index contributed by atoms with van der Waals surface area (Å²) in [6.45, 7) is 2.07. The van der Waals surface area contributed by atoms with E-state index in [0.29, 0.717) is 0 Å². The molecule has 1 aromatic heterocycles. The number of nitrogens with zero attached hydrogens (tertiary/aromatic N) is 1. The predicted molar refractivity (Wildman–Crippen MR) is 56.2 cm³/mol. The molecule has 2 atom stereocenters. The summed E-state index contributed by atoms with van der Waals surface area (Å²) >= 11 is 0. The summed E-state index contributed by atoms with van der Waals surface area (Å²) in [4.78, 5) is 4.39. The van der Waals surface area contributed by atoms with Crippen molar-refractivity contribution in [3.05, 3.63) is 29.6 Å². The van der Waals surface area contributed by atoms with Crippen LogP contribution in [0.15, 0.2) is 18.3 Å². The standard InChI is InChI=1S/C12H17NO/c1-9-5-4-8-13-12(9)10-6-2-3-7-11(10)14/h4-5,8,10-11,14H,2-3,6-7H2,1H3. The Balaban J connectivity index is 2.25. The van der Waals surface area contributed by atoms with Crippen LogP contribution in [-0.4, -0.2) is 16.2 Å². The first kappa shape index (κ1) is 9.66. The van der Waals surface area contributed by atoms with Crippen molar-refractivity contribution in [1.82, 2.24) is 4.98 Å². The highest BCUT2D eigenvalue weighted by Crippen LogP contribution is 2.33. The SMILES string of the molecule is Cc1cccnc1C1CCCCC1O. The minimum atomic E-state index is -0.183. The molecular formula is C12H17NO. The normalized spacial score (nSPS) is 27.6. The highest BCUT2D eigenvalue weighted by molar-refractivity contribution is 5.23. The monoisotopic (exact) mass is 191 g/mol. The summed E-state index contributed by atoms with van der Waals surface area (Å²) < 4.78 is 0. The van der Waals surface area contributed by atoms with Gasteiger partial charge in [0.2, 0.25) is 0 Å². The van der Waals surface area contributed by atoms with Gasteiger partial charge in [0.05, 0.1) is 6.10 Å². The van der Waals surface area contributed by atoms with Gasteiger partial charge in [0.1, 0.15) is 0 Å². The van der Waals surface area contributed by atoms with Crippen LogP contribution in [0.4, 0.5) is 0 Å². The van der Waals surface area contributed by atoms with Crippen molar-refractivity contribution in [3.8, 4) is 0 Å². The summed E-state index contributed by atoms with van der Waals surface area (Å²) in [5.74, 6) is 0.268. The van der Waals surface area contributed by atoms with Crippen LogP contribution in [0.1, 0.15) is 42.9 Å². The van der Waals surface area contributed by atoms with Crippen molar-refractivity contribution < 1.29 is 5.11 Å². The lowest BCUT2D eigenvalue weighted by Gasteiger charge is -2.27. The topological polar surface area (TPSA) is 33.1 Å². The molecule has 1 saturated carbocycles. The van der Waals surface area contributed by atoms with Crippen LogP contribution in [0.5, 0.6) is 0 Å². The number of rotatable bonds is 1. The molecule has 1 aromatic rings. The van der Waals surface area contributed by atoms with Gasteiger partial charge in [0.25, 0.3) is 0 Å². The second-order valence-corrected chi connectivity index (χ2v) is 4.16. The molecule has 2 heteroatoms. The van der Waals surface area contributed by atoms with Crippen molar-refractivity contribution in [2.24, 2.45) is 0 Å². The van der Waals surface area contributed by atoms with Crippen molar-refractivity contribution in [2.45, 2.75) is 44.6 Å². The Morgan fingerprint density at radius 2 is 2.14 bits per heavy atom. The lowest BCUT2D eigenvalue weighted by atomic mass is 9.83. The Labute approximate surface area is 85.0 Å². The largest absolute Gasteiger partial charge is 0.392 e. The van der Waals surface area contributed by atoms with Gasteiger partial charge in [-0.05, 0) is 31.4 Å². The van der Waals surface area contributed by atoms with Gasteiger partial charge < -0.3 is 5.11 Å². The first-order chi connectivity index (χ1) is 6.79. The second kappa shape index (κ2) is 4.09. The summed E-state index contributed by atoms with van der Waals surface area (Å²) in [7, 11) is 0. The highest BCUT2D eigenvalue weighted by Gasteiger charge is 2.26. The zero-order valence-corrected chi connectivity index (χ0v) is 8.61. The van der Waals surface area contributed by atoms with Gasteiger partial charge in [-0.2, -0.15) is 0 Å². The number of aliphatic hydroxyl groups excluding tert-OH is 1. The number of aromatic nitrogens is 1. The molecule has 1 heterocycles. The van der Waals surface area contributed by atoms with E-state index >= 15 is 0 Å². The Hall–Kier alpha value is -0.890. The summed E-state index contributed by atoms with van der Waals surface area (Å²) in [5, 5.41) is 9.91. The number of aliphatic hydroxyl groups is 1. The Kier molecular flexibility index (Phi) is 2.82. The van der Waals surface area contributed by atoms with Gasteiger partial charge in [0, 0.05) is 17.8 Å². The van der Waals surface area contributed by atoms with Crippen LogP contribution in [0.25, 0.3) is 0 Å². The molecule has 0 aromatic carbocycles. The van der Waals surface area contributed by atoms with E-state index in [0.717, 1.165) is 25.0 Å². The quantitative estimate of drug-likeness (QED) is 0.739. The lowest BCUT2D eigenvalue weighted by molar-refractivity contribution is 0.104. The molecule has 76 valence electrons. The van der Waals surface area contributed by atoms with Crippen LogP contribution in [0.3, 0.4) is 0 Å². The number of hydrogen-bond donors (Lipinski definition) is 1. The van der Waals surface area contributed by atoms with Crippen LogP contribution < -0.4 is 0 Å². The van der Waals surface area contributed by atoms with Gasteiger partial charge in [-0.3, -0.25) is 4.98 Å². The van der Waals surface area contributed by atoms with Crippen molar-refractivity contribution in [3.63, 3.8) is 0 Å². The molecule has 0 amide bonds. The molecule has 1 aliphatic rings. The summed E-state index contributed by atoms with van der Waals surface area (Å²) in [6, 6.07) is 4.03. The molecule has 1 fully saturated rings. The van der Waals surface area contributed by atoms with E-state index in [1.807, 2.05) is 12.3 Å². The Morgan fingerprint density at radius 3 is 2.86 bits per heavy atom. The molecule has 0 radical (unpaired) electrons. The van der Waals surface area contributed by atoms with E-state index < -0.39 is 0 Å². The molecule has 0 bridgehead atoms. The van der Waals surface area contributed by atoms with E-state index in [1.54, 1.807) is 0 Å². The lowest BCUT2D eigenvalue weighted by Crippen LogP contribution is -2.24. The zero-order valence-electron chi connectivity index (χ0n) is 8.61. The maximum absolute atomic E-state index is 9.91. The molecule has 1 N–H and O–H groups in total. The molecular weight excluding hydrogens is 174 g/mol. The van der Waals surface area contributed by atoms with Gasteiger partial charge in [-0.15, -0.1) is 0 Å². The highest BCUT2D eigenvalue weighted by atomic mass is 16.3. The average molecular weight is 191 g/mol. The number of pyridine rings is 1. The minimum absolute atomic E-state index is 0.183. The predicted octanol–water partition coefficient (Wildman–Crippen LogP) is 2.41. The van der Waals surface area contributed by atoms with Gasteiger partial charge in [-0.25, -0.2) is 0 Å². The average Bonchev–Trinajstić information content (AvgIpc) is 2.20. The Bertz CT molecular complexity index is 311. The molecule has 1 aliphatic carbocycles. The van der Waals surface area contributed by atoms with E-state index in [2.05, 4.69) is 18.0 Å². The smallest absolute Gasteiger partial charge is 0.0623 e. The van der Waals surface area contributed by atoms with E-state index in [-0.39, 0.29) is 12.0 Å². The van der Waals surface area contributed by atoms with E-state index in [1.165, 1.54) is 12.0 Å². The molecule has 2 rings (SSSR count). The first-order valence-corrected chi connectivity index (χ1v) is 5.38. The third kappa shape index (κ3) is 1.80. The van der Waals surface area contributed by atoms with Gasteiger partial charge >= 0.3 is 0 Å². The molecule has 14 heavy (non-hydrogen) atoms. The Morgan fingerprint density at radius 1 is 1.36 bits per heavy atom. The van der Waals surface area contributed by atoms with Crippen molar-refractivity contribution in [2.75, 3.05) is 0 Å². The second-order valence-electron chi connectivity index (χ2n) is 4.16. The molecule has 2 nitrogen and oxygen atoms in total. The minimum Gasteiger partial charge on any atom is -0.392 e. The summed E-state index contributed by atoms with van der Waals surface area (Å²) in [5.41, 5.74) is 2.30. The summed E-state index contributed by atoms with van der Waals surface area (Å²) in [6.07, 6.45) is 6.03. The third-order valence-electron chi connectivity index (χ3n) is 3.13. The number of aryl methyl sites for hydroxylation is 1. The van der Waals surface area contributed by atoms with Gasteiger partial charge in [0.15, 0.2) is 0 Å². The molecule has 0 spiro atoms. The van der Waals surface area contributed by atoms with Gasteiger partial charge in [-0.1, -0.05) is 18.9 Å².